The molecule has 0 radical (unpaired) electrons. The van der Waals surface area contributed by atoms with Crippen LogP contribution in [0, 0.1) is 29.3 Å². The highest BCUT2D eigenvalue weighted by Crippen LogP contribution is 2.50. The average molecular weight is 601 g/mol. The van der Waals surface area contributed by atoms with Crippen molar-refractivity contribution in [2.75, 3.05) is 6.61 Å². The number of hydrogen-bond donors (Lipinski definition) is 0. The predicted octanol–water partition coefficient (Wildman–Crippen LogP) is 10.6. The van der Waals surface area contributed by atoms with Gasteiger partial charge in [0.2, 0.25) is 0 Å². The second-order valence-corrected chi connectivity index (χ2v) is 11.3. The molecule has 0 N–H and O–H groups in total. The Morgan fingerprint density at radius 3 is 1.71 bits per heavy atom. The normalized spacial score (nSPS) is 18.9. The number of aryl methyl sites for hydroxylation is 2. The van der Waals surface area contributed by atoms with Crippen LogP contribution in [0.4, 0.5) is 39.5 Å². The maximum absolute atomic E-state index is 14.4. The van der Waals surface area contributed by atoms with Gasteiger partial charge in [-0.15, -0.1) is 0 Å². The second-order valence-electron chi connectivity index (χ2n) is 11.3. The summed E-state index contributed by atoms with van der Waals surface area (Å²) < 4.78 is 133. The minimum absolute atomic E-state index is 0.00235. The summed E-state index contributed by atoms with van der Waals surface area (Å²) in [6.45, 7) is 2.36. The van der Waals surface area contributed by atoms with Crippen LogP contribution >= 0.6 is 0 Å². The maximum Gasteiger partial charge on any atom is 0.417 e. The summed E-state index contributed by atoms with van der Waals surface area (Å²) in [6, 6.07) is 4.99. The molecule has 1 fully saturated rings. The molecule has 2 aliphatic carbocycles. The highest BCUT2D eigenvalue weighted by atomic mass is 19.4. The van der Waals surface area contributed by atoms with Crippen LogP contribution in [0.25, 0.3) is 22.3 Å². The van der Waals surface area contributed by atoms with E-state index >= 15 is 0 Å². The van der Waals surface area contributed by atoms with Crippen LogP contribution in [0.3, 0.4) is 0 Å². The van der Waals surface area contributed by atoms with Crippen LogP contribution in [0.5, 0.6) is 5.75 Å². The number of ether oxygens (including phenoxy) is 1. The van der Waals surface area contributed by atoms with E-state index in [2.05, 4.69) is 6.92 Å². The fourth-order valence-electron chi connectivity index (χ4n) is 6.36. The van der Waals surface area contributed by atoms with E-state index in [0.29, 0.717) is 24.1 Å². The molecule has 10 heteroatoms. The number of hydrogen-bond acceptors (Lipinski definition) is 1. The lowest BCUT2D eigenvalue weighted by atomic mass is 9.78. The standard InChI is InChI=1S/C32H29F9O/c1-2-3-17-4-6-18(7-5-17)16-42-23-11-20-9-8-19-10-21(22-13-26(33)30(35)27(34)14-22)12-24(31(36,37)38)28(19)29(20)25(15-23)32(39,40)41/h10-15,17-18H,2-9,16H2,1H3. The summed E-state index contributed by atoms with van der Waals surface area (Å²) in [5, 5.41) is 0. The van der Waals surface area contributed by atoms with Crippen LogP contribution in [0.15, 0.2) is 36.4 Å². The topological polar surface area (TPSA) is 9.23 Å². The Bertz CT molecular complexity index is 1440. The molecule has 0 aromatic heterocycles. The summed E-state index contributed by atoms with van der Waals surface area (Å²) in [6.07, 6.45) is -3.99. The van der Waals surface area contributed by atoms with Crippen molar-refractivity contribution >= 4 is 0 Å². The number of rotatable bonds is 6. The van der Waals surface area contributed by atoms with E-state index in [1.165, 1.54) is 12.1 Å². The molecule has 1 nitrogen and oxygen atoms in total. The fourth-order valence-corrected chi connectivity index (χ4v) is 6.36. The molecule has 0 unspecified atom stereocenters. The van der Waals surface area contributed by atoms with Gasteiger partial charge in [0.15, 0.2) is 17.5 Å². The molecule has 3 aromatic carbocycles. The van der Waals surface area contributed by atoms with Gasteiger partial charge in [-0.3, -0.25) is 0 Å². The van der Waals surface area contributed by atoms with E-state index in [-0.39, 0.29) is 53.4 Å². The first kappa shape index (κ1) is 30.3. The maximum atomic E-state index is 14.4. The molecule has 0 saturated heterocycles. The van der Waals surface area contributed by atoms with E-state index < -0.39 is 52.1 Å². The van der Waals surface area contributed by atoms with Gasteiger partial charge in [-0.05, 0) is 101 Å². The average Bonchev–Trinajstić information content (AvgIpc) is 2.93. The minimum atomic E-state index is -5.10. The van der Waals surface area contributed by atoms with Crippen molar-refractivity contribution in [2.24, 2.45) is 11.8 Å². The van der Waals surface area contributed by atoms with Gasteiger partial charge in [0.05, 0.1) is 17.7 Å². The number of halogens is 9. The van der Waals surface area contributed by atoms with Gasteiger partial charge >= 0.3 is 12.4 Å². The largest absolute Gasteiger partial charge is 0.493 e. The van der Waals surface area contributed by atoms with Crippen LogP contribution in [0.1, 0.15) is 67.7 Å². The first-order valence-electron chi connectivity index (χ1n) is 14.0. The Kier molecular flexibility index (Phi) is 8.29. The SMILES string of the molecule is CCCC1CCC(COc2cc3c(c(C(F)(F)F)c2)-c2c(cc(-c4cc(F)c(F)c(F)c4)cc2C(F)(F)F)CC3)CC1. The Labute approximate surface area is 237 Å². The van der Waals surface area contributed by atoms with Crippen molar-refractivity contribution in [3.8, 4) is 28.0 Å². The lowest BCUT2D eigenvalue weighted by Crippen LogP contribution is -2.21. The molecule has 226 valence electrons. The van der Waals surface area contributed by atoms with E-state index in [1.54, 1.807) is 0 Å². The molecule has 0 bridgehead atoms. The van der Waals surface area contributed by atoms with Crippen molar-refractivity contribution < 1.29 is 44.3 Å². The third-order valence-electron chi connectivity index (χ3n) is 8.40. The van der Waals surface area contributed by atoms with Gasteiger partial charge in [0, 0.05) is 0 Å². The van der Waals surface area contributed by atoms with Crippen molar-refractivity contribution in [2.45, 2.75) is 70.6 Å². The van der Waals surface area contributed by atoms with Crippen molar-refractivity contribution in [3.05, 3.63) is 76.1 Å². The summed E-state index contributed by atoms with van der Waals surface area (Å²) in [5.41, 5.74) is -4.44. The smallest absolute Gasteiger partial charge is 0.417 e. The number of benzene rings is 3. The van der Waals surface area contributed by atoms with Gasteiger partial charge in [0.1, 0.15) is 5.75 Å². The molecule has 42 heavy (non-hydrogen) atoms. The predicted molar refractivity (Wildman–Crippen MR) is 140 cm³/mol. The molecular formula is C32H29F9O. The Balaban J connectivity index is 1.55. The fraction of sp³-hybridized carbons (Fsp3) is 0.438. The molecule has 5 rings (SSSR count). The van der Waals surface area contributed by atoms with Crippen molar-refractivity contribution in [1.82, 2.24) is 0 Å². The molecule has 1 saturated carbocycles. The molecule has 0 atom stereocenters. The molecular weight excluding hydrogens is 571 g/mol. The van der Waals surface area contributed by atoms with Crippen molar-refractivity contribution in [1.29, 1.82) is 0 Å². The summed E-state index contributed by atoms with van der Waals surface area (Å²) >= 11 is 0. The van der Waals surface area contributed by atoms with Crippen LogP contribution in [0.2, 0.25) is 0 Å². The lowest BCUT2D eigenvalue weighted by molar-refractivity contribution is -0.139. The van der Waals surface area contributed by atoms with Gasteiger partial charge in [-0.25, -0.2) is 13.2 Å². The molecule has 0 spiro atoms. The Morgan fingerprint density at radius 2 is 1.17 bits per heavy atom. The Hall–Kier alpha value is -3.17. The van der Waals surface area contributed by atoms with E-state index in [1.807, 2.05) is 0 Å². The molecule has 3 aromatic rings. The Morgan fingerprint density at radius 1 is 0.667 bits per heavy atom. The third-order valence-corrected chi connectivity index (χ3v) is 8.40. The van der Waals surface area contributed by atoms with Crippen LogP contribution in [-0.4, -0.2) is 6.61 Å². The van der Waals surface area contributed by atoms with Gasteiger partial charge in [0.25, 0.3) is 0 Å². The second kappa shape index (κ2) is 11.5. The molecule has 0 amide bonds. The van der Waals surface area contributed by atoms with Gasteiger partial charge < -0.3 is 4.74 Å². The lowest BCUT2D eigenvalue weighted by Gasteiger charge is -2.30. The highest BCUT2D eigenvalue weighted by molar-refractivity contribution is 5.84. The summed E-state index contributed by atoms with van der Waals surface area (Å²) in [5.74, 6) is -4.16. The zero-order chi connectivity index (χ0) is 30.4. The first-order chi connectivity index (χ1) is 19.8. The van der Waals surface area contributed by atoms with Crippen LogP contribution < -0.4 is 4.74 Å². The van der Waals surface area contributed by atoms with Crippen LogP contribution in [-0.2, 0) is 25.2 Å². The molecule has 0 heterocycles. The molecule has 2 aliphatic rings. The number of alkyl halides is 6. The van der Waals surface area contributed by atoms with Gasteiger partial charge in [-0.1, -0.05) is 38.7 Å². The van der Waals surface area contributed by atoms with E-state index in [9.17, 15) is 39.5 Å². The third kappa shape index (κ3) is 6.13. The molecule has 0 aliphatic heterocycles. The van der Waals surface area contributed by atoms with Gasteiger partial charge in [-0.2, -0.15) is 26.3 Å². The monoisotopic (exact) mass is 600 g/mol. The number of fused-ring (bicyclic) bond motifs is 3. The van der Waals surface area contributed by atoms with E-state index in [0.717, 1.165) is 44.6 Å². The first-order valence-corrected chi connectivity index (χ1v) is 14.0. The minimum Gasteiger partial charge on any atom is -0.493 e. The zero-order valence-electron chi connectivity index (χ0n) is 22.8. The van der Waals surface area contributed by atoms with Crippen molar-refractivity contribution in [3.63, 3.8) is 0 Å². The quantitative estimate of drug-likeness (QED) is 0.202. The zero-order valence-corrected chi connectivity index (χ0v) is 22.8. The van der Waals surface area contributed by atoms with E-state index in [4.69, 9.17) is 4.74 Å². The summed E-state index contributed by atoms with van der Waals surface area (Å²) in [4.78, 5) is 0. The highest BCUT2D eigenvalue weighted by Gasteiger charge is 2.42. The summed E-state index contributed by atoms with van der Waals surface area (Å²) in [7, 11) is 0.